The maximum absolute atomic E-state index is 12.9. The Kier molecular flexibility index (Phi) is 4.48. The molecule has 0 bridgehead atoms. The van der Waals surface area contributed by atoms with E-state index in [0.29, 0.717) is 31.6 Å². The van der Waals surface area contributed by atoms with Crippen LogP contribution in [0.15, 0.2) is 54.6 Å². The van der Waals surface area contributed by atoms with Crippen LogP contribution in [0.5, 0.6) is 0 Å². The van der Waals surface area contributed by atoms with Gasteiger partial charge >= 0.3 is 6.03 Å². The number of amides is 2. The first-order valence-corrected chi connectivity index (χ1v) is 7.91. The lowest BCUT2D eigenvalue weighted by Crippen LogP contribution is -2.46. The average molecular weight is 323 g/mol. The number of hydrogen-bond donors (Lipinski definition) is 1. The zero-order valence-corrected chi connectivity index (χ0v) is 13.2. The summed E-state index contributed by atoms with van der Waals surface area (Å²) in [6.45, 7) is 1.02. The van der Waals surface area contributed by atoms with Crippen LogP contribution in [0.3, 0.4) is 0 Å². The average Bonchev–Trinajstić information content (AvgIpc) is 2.64. The second-order valence-electron chi connectivity index (χ2n) is 5.98. The molecule has 1 N–H and O–H groups in total. The monoisotopic (exact) mass is 323 g/mol. The van der Waals surface area contributed by atoms with Crippen molar-refractivity contribution in [1.82, 2.24) is 4.90 Å². The van der Waals surface area contributed by atoms with Gasteiger partial charge in [0, 0.05) is 18.8 Å². The van der Waals surface area contributed by atoms with Crippen LogP contribution in [0, 0.1) is 17.1 Å². The minimum atomic E-state index is -0.534. The summed E-state index contributed by atoms with van der Waals surface area (Å²) in [5.74, 6) is -0.340. The number of rotatable bonds is 2. The number of halogens is 1. The SMILES string of the molecule is N#CC1(c2ccccc2)CCN(C(=O)Nc2ccc(F)cc2)CC1. The van der Waals surface area contributed by atoms with Gasteiger partial charge in [-0.2, -0.15) is 5.26 Å². The molecule has 2 aromatic rings. The number of nitrogens with zero attached hydrogens (tertiary/aromatic N) is 2. The Morgan fingerprint density at radius 2 is 1.71 bits per heavy atom. The van der Waals surface area contributed by atoms with Crippen molar-refractivity contribution in [2.45, 2.75) is 18.3 Å². The second kappa shape index (κ2) is 6.71. The first kappa shape index (κ1) is 16.0. The van der Waals surface area contributed by atoms with Gasteiger partial charge in [0.15, 0.2) is 0 Å². The predicted molar refractivity (Wildman–Crippen MR) is 90.0 cm³/mol. The van der Waals surface area contributed by atoms with E-state index in [0.717, 1.165) is 5.56 Å². The van der Waals surface area contributed by atoms with Gasteiger partial charge < -0.3 is 10.2 Å². The Morgan fingerprint density at radius 3 is 2.29 bits per heavy atom. The Hall–Kier alpha value is -2.87. The quantitative estimate of drug-likeness (QED) is 0.911. The van der Waals surface area contributed by atoms with E-state index >= 15 is 0 Å². The van der Waals surface area contributed by atoms with Gasteiger partial charge in [-0.15, -0.1) is 0 Å². The number of anilines is 1. The topological polar surface area (TPSA) is 56.1 Å². The molecule has 2 amide bonds. The van der Waals surface area contributed by atoms with Crippen LogP contribution in [0.1, 0.15) is 18.4 Å². The molecule has 4 nitrogen and oxygen atoms in total. The van der Waals surface area contributed by atoms with E-state index in [1.165, 1.54) is 24.3 Å². The van der Waals surface area contributed by atoms with Gasteiger partial charge in [-0.05, 0) is 42.7 Å². The minimum Gasteiger partial charge on any atom is -0.324 e. The highest BCUT2D eigenvalue weighted by Gasteiger charge is 2.37. The maximum Gasteiger partial charge on any atom is 0.321 e. The normalized spacial score (nSPS) is 16.2. The third-order valence-corrected chi connectivity index (χ3v) is 4.54. The summed E-state index contributed by atoms with van der Waals surface area (Å²) in [4.78, 5) is 14.0. The highest BCUT2D eigenvalue weighted by atomic mass is 19.1. The summed E-state index contributed by atoms with van der Waals surface area (Å²) in [6.07, 6.45) is 1.20. The molecule has 2 aromatic carbocycles. The third kappa shape index (κ3) is 3.23. The number of urea groups is 1. The van der Waals surface area contributed by atoms with Crippen LogP contribution in [0.4, 0.5) is 14.9 Å². The van der Waals surface area contributed by atoms with Crippen LogP contribution < -0.4 is 5.32 Å². The molecule has 0 aliphatic carbocycles. The van der Waals surface area contributed by atoms with Gasteiger partial charge in [-0.25, -0.2) is 9.18 Å². The number of nitrogens with one attached hydrogen (secondary N) is 1. The van der Waals surface area contributed by atoms with Gasteiger partial charge in [-0.3, -0.25) is 0 Å². The molecule has 1 aliphatic rings. The van der Waals surface area contributed by atoms with Gasteiger partial charge in [0.05, 0.1) is 11.5 Å². The molecule has 0 spiro atoms. The number of carbonyl (C=O) groups is 1. The first-order chi connectivity index (χ1) is 11.6. The number of carbonyl (C=O) groups excluding carboxylic acids is 1. The van der Waals surface area contributed by atoms with Crippen LogP contribution in [0.2, 0.25) is 0 Å². The molecule has 1 saturated heterocycles. The number of likely N-dealkylation sites (tertiary alicyclic amines) is 1. The summed E-state index contributed by atoms with van der Waals surface area (Å²) in [6, 6.07) is 17.6. The molecule has 122 valence electrons. The largest absolute Gasteiger partial charge is 0.324 e. The van der Waals surface area contributed by atoms with E-state index in [-0.39, 0.29) is 11.8 Å². The Balaban J connectivity index is 1.65. The van der Waals surface area contributed by atoms with Crippen LogP contribution in [-0.4, -0.2) is 24.0 Å². The fourth-order valence-corrected chi connectivity index (χ4v) is 3.05. The van der Waals surface area contributed by atoms with E-state index in [1.807, 2.05) is 30.3 Å². The van der Waals surface area contributed by atoms with E-state index in [1.54, 1.807) is 4.90 Å². The lowest BCUT2D eigenvalue weighted by atomic mass is 9.74. The molecule has 0 unspecified atom stereocenters. The predicted octanol–water partition coefficient (Wildman–Crippen LogP) is 3.91. The summed E-state index contributed by atoms with van der Waals surface area (Å²) in [5.41, 5.74) is 1.03. The molecule has 0 aromatic heterocycles. The lowest BCUT2D eigenvalue weighted by molar-refractivity contribution is 0.183. The van der Waals surface area contributed by atoms with Gasteiger partial charge in [0.25, 0.3) is 0 Å². The molecule has 5 heteroatoms. The van der Waals surface area contributed by atoms with E-state index in [9.17, 15) is 14.4 Å². The van der Waals surface area contributed by atoms with Crippen molar-refractivity contribution < 1.29 is 9.18 Å². The molecular formula is C19H18FN3O. The third-order valence-electron chi connectivity index (χ3n) is 4.54. The highest BCUT2D eigenvalue weighted by Crippen LogP contribution is 2.35. The number of hydrogen-bond acceptors (Lipinski definition) is 2. The van der Waals surface area contributed by atoms with E-state index in [2.05, 4.69) is 11.4 Å². The molecule has 0 atom stereocenters. The molecule has 1 heterocycles. The van der Waals surface area contributed by atoms with Crippen molar-refractivity contribution in [1.29, 1.82) is 5.26 Å². The Labute approximate surface area is 140 Å². The van der Waals surface area contributed by atoms with Crippen molar-refractivity contribution >= 4 is 11.7 Å². The summed E-state index contributed by atoms with van der Waals surface area (Å²) >= 11 is 0. The molecule has 0 radical (unpaired) electrons. The van der Waals surface area contributed by atoms with Gasteiger partial charge in [-0.1, -0.05) is 30.3 Å². The lowest BCUT2D eigenvalue weighted by Gasteiger charge is -2.37. The van der Waals surface area contributed by atoms with Crippen molar-refractivity contribution in [3.05, 3.63) is 66.0 Å². The molecular weight excluding hydrogens is 305 g/mol. The smallest absolute Gasteiger partial charge is 0.321 e. The van der Waals surface area contributed by atoms with Crippen LogP contribution in [0.25, 0.3) is 0 Å². The van der Waals surface area contributed by atoms with Crippen LogP contribution >= 0.6 is 0 Å². The van der Waals surface area contributed by atoms with Gasteiger partial charge in [0.2, 0.25) is 0 Å². The molecule has 24 heavy (non-hydrogen) atoms. The highest BCUT2D eigenvalue weighted by molar-refractivity contribution is 5.89. The van der Waals surface area contributed by atoms with Gasteiger partial charge in [0.1, 0.15) is 5.82 Å². The maximum atomic E-state index is 12.9. The van der Waals surface area contributed by atoms with E-state index < -0.39 is 5.41 Å². The molecule has 0 saturated carbocycles. The fourth-order valence-electron chi connectivity index (χ4n) is 3.05. The van der Waals surface area contributed by atoms with Crippen molar-refractivity contribution in [3.8, 4) is 6.07 Å². The zero-order chi connectivity index (χ0) is 17.0. The van der Waals surface area contributed by atoms with E-state index in [4.69, 9.17) is 0 Å². The number of benzene rings is 2. The second-order valence-corrected chi connectivity index (χ2v) is 5.98. The Bertz CT molecular complexity index is 744. The van der Waals surface area contributed by atoms with Crippen molar-refractivity contribution in [3.63, 3.8) is 0 Å². The standard InChI is InChI=1S/C19H18FN3O/c20-16-6-8-17(9-7-16)22-18(24)23-12-10-19(14-21,11-13-23)15-4-2-1-3-5-15/h1-9H,10-13H2,(H,22,24). The zero-order valence-electron chi connectivity index (χ0n) is 13.2. The molecule has 1 aliphatic heterocycles. The molecule has 1 fully saturated rings. The Morgan fingerprint density at radius 1 is 1.08 bits per heavy atom. The number of piperidine rings is 1. The summed E-state index contributed by atoms with van der Waals surface area (Å²) in [7, 11) is 0. The number of nitriles is 1. The summed E-state index contributed by atoms with van der Waals surface area (Å²) in [5, 5.41) is 12.4. The summed E-state index contributed by atoms with van der Waals surface area (Å²) < 4.78 is 12.9. The minimum absolute atomic E-state index is 0.221. The van der Waals surface area contributed by atoms with Crippen molar-refractivity contribution in [2.75, 3.05) is 18.4 Å². The molecule has 3 rings (SSSR count). The fraction of sp³-hybridized carbons (Fsp3) is 0.263. The van der Waals surface area contributed by atoms with Crippen molar-refractivity contribution in [2.24, 2.45) is 0 Å². The first-order valence-electron chi connectivity index (χ1n) is 7.91. The van der Waals surface area contributed by atoms with Crippen LogP contribution in [-0.2, 0) is 5.41 Å².